The van der Waals surface area contributed by atoms with Crippen LogP contribution in [0.5, 0.6) is 0 Å². The third-order valence-electron chi connectivity index (χ3n) is 3.86. The molecule has 1 saturated heterocycles. The number of hydrogen-bond acceptors (Lipinski definition) is 5. The van der Waals surface area contributed by atoms with E-state index in [1.54, 1.807) is 11.3 Å². The van der Waals surface area contributed by atoms with Gasteiger partial charge in [0.1, 0.15) is 4.87 Å². The lowest BCUT2D eigenvalue weighted by Gasteiger charge is -2.27. The number of piperidine rings is 1. The highest BCUT2D eigenvalue weighted by atomic mass is 35.5. The fourth-order valence-corrected chi connectivity index (χ4v) is 3.84. The molecule has 0 bridgehead atoms. The second-order valence-electron chi connectivity index (χ2n) is 5.17. The van der Waals surface area contributed by atoms with E-state index in [1.807, 2.05) is 5.38 Å². The first-order chi connectivity index (χ1) is 8.63. The molecule has 0 spiro atoms. The largest absolute Gasteiger partial charge is 0.411 e. The van der Waals surface area contributed by atoms with Crippen molar-refractivity contribution in [2.45, 2.75) is 30.1 Å². The predicted octanol–water partition coefficient (Wildman–Crippen LogP) is 2.62. The van der Waals surface area contributed by atoms with Crippen LogP contribution in [0.25, 0.3) is 0 Å². The Balaban J connectivity index is 1.74. The van der Waals surface area contributed by atoms with Crippen molar-refractivity contribution in [2.75, 3.05) is 20.1 Å². The minimum absolute atomic E-state index is 0.563. The summed E-state index contributed by atoms with van der Waals surface area (Å²) in [5, 5.41) is 15.2. The number of aromatic nitrogens is 1. The molecule has 1 aromatic rings. The second kappa shape index (κ2) is 4.47. The van der Waals surface area contributed by atoms with Crippen molar-refractivity contribution in [1.29, 1.82) is 0 Å². The third-order valence-corrected chi connectivity index (χ3v) is 5.41. The molecule has 18 heavy (non-hydrogen) atoms. The molecular formula is C12H16ClN3OS. The summed E-state index contributed by atoms with van der Waals surface area (Å²) in [7, 11) is 2.16. The fraction of sp³-hybridized carbons (Fsp3) is 0.667. The summed E-state index contributed by atoms with van der Waals surface area (Å²) >= 11 is 8.04. The van der Waals surface area contributed by atoms with Gasteiger partial charge in [-0.3, -0.25) is 0 Å². The van der Waals surface area contributed by atoms with Crippen molar-refractivity contribution in [2.24, 2.45) is 5.16 Å². The number of oxime groups is 1. The van der Waals surface area contributed by atoms with E-state index in [9.17, 15) is 0 Å². The van der Waals surface area contributed by atoms with Crippen LogP contribution in [0.15, 0.2) is 10.5 Å². The molecule has 1 saturated carbocycles. The molecule has 98 valence electrons. The van der Waals surface area contributed by atoms with Crippen molar-refractivity contribution in [3.05, 3.63) is 16.1 Å². The normalized spacial score (nSPS) is 32.0. The van der Waals surface area contributed by atoms with Crippen molar-refractivity contribution in [3.8, 4) is 0 Å². The monoisotopic (exact) mass is 285 g/mol. The van der Waals surface area contributed by atoms with Crippen LogP contribution in [0.1, 0.15) is 35.9 Å². The molecule has 4 nitrogen and oxygen atoms in total. The zero-order valence-corrected chi connectivity index (χ0v) is 11.8. The molecular weight excluding hydrogens is 270 g/mol. The Morgan fingerprint density at radius 2 is 2.28 bits per heavy atom. The van der Waals surface area contributed by atoms with Crippen molar-refractivity contribution in [3.63, 3.8) is 0 Å². The average Bonchev–Trinajstić information content (AvgIpc) is 2.84. The number of likely N-dealkylation sites (tertiary alicyclic amines) is 1. The van der Waals surface area contributed by atoms with E-state index in [2.05, 4.69) is 22.1 Å². The molecule has 6 heteroatoms. The van der Waals surface area contributed by atoms with Crippen molar-refractivity contribution >= 4 is 28.6 Å². The Bertz CT molecular complexity index is 481. The summed E-state index contributed by atoms with van der Waals surface area (Å²) in [6.45, 7) is 2.27. The number of alkyl halides is 1. The molecule has 1 aliphatic carbocycles. The summed E-state index contributed by atoms with van der Waals surface area (Å²) in [5.41, 5.74) is 1.49. The molecule has 0 radical (unpaired) electrons. The van der Waals surface area contributed by atoms with E-state index >= 15 is 0 Å². The molecule has 3 rings (SSSR count). The number of thiazole rings is 1. The minimum atomic E-state index is -0.616. The molecule has 2 heterocycles. The summed E-state index contributed by atoms with van der Waals surface area (Å²) in [6, 6.07) is 0. The molecule has 1 aliphatic heterocycles. The van der Waals surface area contributed by atoms with Crippen molar-refractivity contribution in [1.82, 2.24) is 9.88 Å². The van der Waals surface area contributed by atoms with E-state index in [0.29, 0.717) is 18.1 Å². The van der Waals surface area contributed by atoms with Gasteiger partial charge in [0.05, 0.1) is 16.4 Å². The van der Waals surface area contributed by atoms with Crippen LogP contribution in [0.3, 0.4) is 0 Å². The number of nitrogens with zero attached hydrogens (tertiary/aromatic N) is 3. The highest BCUT2D eigenvalue weighted by Gasteiger charge is 2.53. The van der Waals surface area contributed by atoms with E-state index in [-0.39, 0.29) is 0 Å². The highest BCUT2D eigenvalue weighted by molar-refractivity contribution is 7.09. The van der Waals surface area contributed by atoms with Gasteiger partial charge in [0, 0.05) is 17.7 Å². The topological polar surface area (TPSA) is 48.7 Å². The minimum Gasteiger partial charge on any atom is -0.411 e. The Hall–Kier alpha value is -0.650. The van der Waals surface area contributed by atoms with Gasteiger partial charge in [0.2, 0.25) is 0 Å². The number of halogens is 1. The smallest absolute Gasteiger partial charge is 0.134 e. The quantitative estimate of drug-likeness (QED) is 0.516. The maximum atomic E-state index is 8.76. The zero-order chi connectivity index (χ0) is 12.8. The van der Waals surface area contributed by atoms with Gasteiger partial charge in [-0.1, -0.05) is 5.16 Å². The lowest BCUT2D eigenvalue weighted by molar-refractivity contribution is 0.255. The van der Waals surface area contributed by atoms with Gasteiger partial charge in [-0.15, -0.1) is 22.9 Å². The van der Waals surface area contributed by atoms with Gasteiger partial charge in [-0.05, 0) is 33.0 Å². The molecule has 1 atom stereocenters. The van der Waals surface area contributed by atoms with Gasteiger partial charge in [0.15, 0.2) is 0 Å². The summed E-state index contributed by atoms with van der Waals surface area (Å²) in [6.07, 6.45) is 2.95. The number of hydrogen-bond donors (Lipinski definition) is 1. The molecule has 2 aliphatic rings. The summed E-state index contributed by atoms with van der Waals surface area (Å²) in [5.74, 6) is 0.563. The van der Waals surface area contributed by atoms with E-state index in [4.69, 9.17) is 16.8 Å². The first-order valence-corrected chi connectivity index (χ1v) is 7.44. The van der Waals surface area contributed by atoms with Crippen LogP contribution in [0.2, 0.25) is 0 Å². The maximum absolute atomic E-state index is 8.76. The second-order valence-corrected chi connectivity index (χ2v) is 6.71. The van der Waals surface area contributed by atoms with Crippen LogP contribution < -0.4 is 0 Å². The summed E-state index contributed by atoms with van der Waals surface area (Å²) < 4.78 is 0. The van der Waals surface area contributed by atoms with Crippen LogP contribution in [-0.2, 0) is 4.87 Å². The third kappa shape index (κ3) is 2.04. The SMILES string of the molecule is CN1CCC(c2nc(C3(Cl)CC3=NO)cs2)CC1. The van der Waals surface area contributed by atoms with Gasteiger partial charge in [0.25, 0.3) is 0 Å². The standard InChI is InChI=1S/C12H16ClN3OS/c1-16-4-2-8(3-5-16)11-14-10(7-18-11)12(13)6-9(12)15-17/h7-8,17H,2-6H2,1H3. The average molecular weight is 286 g/mol. The Kier molecular flexibility index (Phi) is 3.08. The van der Waals surface area contributed by atoms with Crippen LogP contribution in [-0.4, -0.2) is 40.9 Å². The van der Waals surface area contributed by atoms with Gasteiger partial charge in [-0.25, -0.2) is 4.98 Å². The van der Waals surface area contributed by atoms with E-state index in [1.165, 1.54) is 17.8 Å². The van der Waals surface area contributed by atoms with Crippen LogP contribution in [0.4, 0.5) is 0 Å². The first kappa shape index (κ1) is 12.4. The van der Waals surface area contributed by atoms with Crippen molar-refractivity contribution < 1.29 is 5.21 Å². The fourth-order valence-electron chi connectivity index (χ4n) is 2.45. The molecule has 1 N–H and O–H groups in total. The molecule has 1 unspecified atom stereocenters. The maximum Gasteiger partial charge on any atom is 0.134 e. The number of rotatable bonds is 2. The van der Waals surface area contributed by atoms with E-state index < -0.39 is 4.87 Å². The van der Waals surface area contributed by atoms with Gasteiger partial charge < -0.3 is 10.1 Å². The molecule has 0 aromatic carbocycles. The van der Waals surface area contributed by atoms with Crippen LogP contribution in [0, 0.1) is 0 Å². The van der Waals surface area contributed by atoms with Gasteiger partial charge >= 0.3 is 0 Å². The Morgan fingerprint density at radius 1 is 1.56 bits per heavy atom. The zero-order valence-electron chi connectivity index (χ0n) is 10.3. The lowest BCUT2D eigenvalue weighted by Crippen LogP contribution is -2.29. The Morgan fingerprint density at radius 3 is 2.89 bits per heavy atom. The first-order valence-electron chi connectivity index (χ1n) is 6.18. The van der Waals surface area contributed by atoms with E-state index in [0.717, 1.165) is 18.8 Å². The molecule has 0 amide bonds. The highest BCUT2D eigenvalue weighted by Crippen LogP contribution is 2.49. The summed E-state index contributed by atoms with van der Waals surface area (Å²) in [4.78, 5) is 6.40. The Labute approximate surface area is 115 Å². The van der Waals surface area contributed by atoms with Crippen LogP contribution >= 0.6 is 22.9 Å². The lowest BCUT2D eigenvalue weighted by atomic mass is 9.98. The molecule has 1 aromatic heterocycles. The molecule has 2 fully saturated rings. The van der Waals surface area contributed by atoms with Gasteiger partial charge in [-0.2, -0.15) is 0 Å². The predicted molar refractivity (Wildman–Crippen MR) is 73.0 cm³/mol.